The van der Waals surface area contributed by atoms with Gasteiger partial charge in [-0.2, -0.15) is 13.5 Å². The Kier molecular flexibility index (Phi) is 4.86. The third-order valence-electron chi connectivity index (χ3n) is 3.62. The van der Waals surface area contributed by atoms with E-state index in [-0.39, 0.29) is 5.06 Å². The van der Waals surface area contributed by atoms with Crippen LogP contribution in [0.1, 0.15) is 13.3 Å². The van der Waals surface area contributed by atoms with E-state index < -0.39 is 65.3 Å². The molecular formula is C10H15F2N5O7S. The lowest BCUT2D eigenvalue weighted by Gasteiger charge is -2.34. The predicted molar refractivity (Wildman–Crippen MR) is 73.6 cm³/mol. The van der Waals surface area contributed by atoms with Gasteiger partial charge in [-0.1, -0.05) is 0 Å². The molecule has 25 heavy (non-hydrogen) atoms. The molecule has 0 aliphatic carbocycles. The molecule has 0 saturated carbocycles. The summed E-state index contributed by atoms with van der Waals surface area (Å²) in [4.78, 5) is 36.0. The van der Waals surface area contributed by atoms with Crippen molar-refractivity contribution < 1.29 is 40.4 Å². The summed E-state index contributed by atoms with van der Waals surface area (Å²) in [6.45, 7) is 0.593. The van der Waals surface area contributed by atoms with E-state index in [1.165, 1.54) is 6.92 Å². The Labute approximate surface area is 140 Å². The fourth-order valence-electron chi connectivity index (χ4n) is 2.41. The van der Waals surface area contributed by atoms with E-state index in [4.69, 9.17) is 10.3 Å². The predicted octanol–water partition coefficient (Wildman–Crippen LogP) is -2.27. The van der Waals surface area contributed by atoms with Crippen molar-refractivity contribution >= 4 is 28.2 Å². The number of nitrogens with two attached hydrogens (primary N) is 1. The van der Waals surface area contributed by atoms with Gasteiger partial charge in [0.05, 0.1) is 12.6 Å². The smallest absolute Gasteiger partial charge is 0.320 e. The monoisotopic (exact) mass is 387 g/mol. The minimum absolute atomic E-state index is 0.191. The molecule has 142 valence electrons. The molecule has 0 aromatic carbocycles. The Morgan fingerprint density at radius 3 is 2.56 bits per heavy atom. The van der Waals surface area contributed by atoms with Crippen LogP contribution in [0.25, 0.3) is 0 Å². The molecule has 5 N–H and O–H groups in total. The van der Waals surface area contributed by atoms with Crippen molar-refractivity contribution in [3.63, 3.8) is 0 Å². The van der Waals surface area contributed by atoms with Gasteiger partial charge in [-0.05, 0) is 6.92 Å². The number of fused-ring (bicyclic) bond motifs is 2. The van der Waals surface area contributed by atoms with E-state index >= 15 is 0 Å². The van der Waals surface area contributed by atoms with Crippen molar-refractivity contribution in [1.29, 1.82) is 0 Å². The molecule has 0 radical (unpaired) electrons. The summed E-state index contributed by atoms with van der Waals surface area (Å²) >= 11 is 0. The molecule has 1 unspecified atom stereocenters. The first-order valence-corrected chi connectivity index (χ1v) is 8.20. The van der Waals surface area contributed by atoms with Crippen LogP contribution in [-0.4, -0.2) is 71.4 Å². The summed E-state index contributed by atoms with van der Waals surface area (Å²) in [6.07, 6.45) is -1.14. The number of amides is 4. The van der Waals surface area contributed by atoms with Gasteiger partial charge in [0.25, 0.3) is 17.7 Å². The van der Waals surface area contributed by atoms with Gasteiger partial charge in [-0.15, -0.1) is 4.28 Å². The highest BCUT2D eigenvalue weighted by Gasteiger charge is 2.62. The number of hydrogen-bond acceptors (Lipinski definition) is 7. The van der Waals surface area contributed by atoms with Crippen molar-refractivity contribution in [2.45, 2.75) is 37.4 Å². The van der Waals surface area contributed by atoms with Crippen LogP contribution in [0.2, 0.25) is 0 Å². The average Bonchev–Trinajstić information content (AvgIpc) is 2.74. The molecule has 0 aromatic heterocycles. The maximum absolute atomic E-state index is 14.2. The largest absolute Gasteiger partial charge is 0.418 e. The minimum Gasteiger partial charge on any atom is -0.320 e. The van der Waals surface area contributed by atoms with Gasteiger partial charge >= 0.3 is 16.4 Å². The molecule has 3 atom stereocenters. The van der Waals surface area contributed by atoms with Gasteiger partial charge in [0, 0.05) is 6.42 Å². The highest BCUT2D eigenvalue weighted by molar-refractivity contribution is 7.80. The number of nitrogens with zero attached hydrogens (tertiary/aromatic N) is 2. The van der Waals surface area contributed by atoms with Gasteiger partial charge in [-0.25, -0.2) is 13.6 Å². The lowest BCUT2D eigenvalue weighted by molar-refractivity contribution is -0.154. The maximum Gasteiger partial charge on any atom is 0.418 e. The number of alkyl halides is 2. The third-order valence-corrected chi connectivity index (χ3v) is 3.96. The Hall–Kier alpha value is -2.10. The van der Waals surface area contributed by atoms with Crippen molar-refractivity contribution in [2.75, 3.05) is 6.54 Å². The number of nitrogens with one attached hydrogen (secondary N) is 2. The standard InChI is InChI=1S/C10H15F2N5O7S/c1-4(13)7(18)14-15-8(19)5-2-10(11,12)6-3-16(5)9(20)17(6)24-25(21,22)23/h4-6H,2-3,13H2,1H3,(H,14,18)(H,15,19)(H,21,22,23)/t4?,5-,6-/m0/s1. The van der Waals surface area contributed by atoms with E-state index in [0.29, 0.717) is 4.90 Å². The van der Waals surface area contributed by atoms with Crippen molar-refractivity contribution in [3.8, 4) is 0 Å². The molecule has 2 bridgehead atoms. The molecule has 12 nitrogen and oxygen atoms in total. The highest BCUT2D eigenvalue weighted by Crippen LogP contribution is 2.40. The second kappa shape index (κ2) is 6.32. The van der Waals surface area contributed by atoms with Crippen LogP contribution in [0.4, 0.5) is 13.6 Å². The fourth-order valence-corrected chi connectivity index (χ4v) is 2.78. The van der Waals surface area contributed by atoms with Gasteiger partial charge in [0.15, 0.2) is 0 Å². The van der Waals surface area contributed by atoms with Crippen LogP contribution in [0.3, 0.4) is 0 Å². The van der Waals surface area contributed by atoms with E-state index in [0.717, 1.165) is 0 Å². The van der Waals surface area contributed by atoms with Crippen molar-refractivity contribution in [3.05, 3.63) is 0 Å². The van der Waals surface area contributed by atoms with Crippen LogP contribution in [0, 0.1) is 0 Å². The minimum atomic E-state index is -5.22. The number of carbonyl (C=O) groups is 3. The number of piperidine rings is 1. The summed E-state index contributed by atoms with van der Waals surface area (Å²) in [6, 6.07) is -6.05. The average molecular weight is 387 g/mol. The molecule has 2 rings (SSSR count). The Morgan fingerprint density at radius 1 is 1.44 bits per heavy atom. The summed E-state index contributed by atoms with van der Waals surface area (Å²) in [5.41, 5.74) is 9.02. The lowest BCUT2D eigenvalue weighted by Crippen LogP contribution is -2.59. The number of rotatable bonds is 4. The third kappa shape index (κ3) is 3.94. The van der Waals surface area contributed by atoms with Crippen LogP contribution in [0.5, 0.6) is 0 Å². The van der Waals surface area contributed by atoms with Crippen molar-refractivity contribution in [2.24, 2.45) is 5.73 Å². The first-order valence-electron chi connectivity index (χ1n) is 6.83. The first-order chi connectivity index (χ1) is 11.3. The van der Waals surface area contributed by atoms with E-state index in [1.54, 1.807) is 0 Å². The fraction of sp³-hybridized carbons (Fsp3) is 0.700. The zero-order chi connectivity index (χ0) is 19.2. The number of hydrogen-bond donors (Lipinski definition) is 4. The number of hydrazine groups is 1. The Balaban J connectivity index is 2.17. The van der Waals surface area contributed by atoms with Gasteiger partial charge in [0.1, 0.15) is 12.1 Å². The SMILES string of the molecule is CC(N)C(=O)NNC(=O)[C@@H]1CC(F)(F)[C@@H]2CN1C(=O)N2OS(=O)(=O)O. The Morgan fingerprint density at radius 2 is 2.04 bits per heavy atom. The molecular weight excluding hydrogens is 372 g/mol. The number of carbonyl (C=O) groups excluding carboxylic acids is 3. The van der Waals surface area contributed by atoms with Gasteiger partial charge < -0.3 is 10.6 Å². The lowest BCUT2D eigenvalue weighted by atomic mass is 9.96. The zero-order valence-corrected chi connectivity index (χ0v) is 13.5. The van der Waals surface area contributed by atoms with Gasteiger partial charge in [0.2, 0.25) is 0 Å². The molecule has 2 heterocycles. The Bertz CT molecular complexity index is 700. The molecule has 2 fully saturated rings. The van der Waals surface area contributed by atoms with Crippen LogP contribution in [-0.2, 0) is 24.3 Å². The molecule has 2 aliphatic rings. The van der Waals surface area contributed by atoms with Gasteiger partial charge in [-0.3, -0.25) is 25.0 Å². The molecule has 4 amide bonds. The summed E-state index contributed by atoms with van der Waals surface area (Å²) in [5.74, 6) is -5.62. The zero-order valence-electron chi connectivity index (χ0n) is 12.7. The topological polar surface area (TPSA) is 171 Å². The van der Waals surface area contributed by atoms with E-state index in [1.807, 2.05) is 10.9 Å². The van der Waals surface area contributed by atoms with Crippen LogP contribution < -0.4 is 16.6 Å². The summed E-state index contributed by atoms with van der Waals surface area (Å²) < 4.78 is 62.3. The number of urea groups is 1. The van der Waals surface area contributed by atoms with E-state index in [2.05, 4.69) is 4.28 Å². The molecule has 2 saturated heterocycles. The second-order valence-corrected chi connectivity index (χ2v) is 6.53. The highest BCUT2D eigenvalue weighted by atomic mass is 32.3. The number of hydroxylamine groups is 2. The summed E-state index contributed by atoms with van der Waals surface area (Å²) in [5, 5.41) is -0.191. The quantitative estimate of drug-likeness (QED) is 0.309. The number of halogens is 2. The molecule has 15 heteroatoms. The van der Waals surface area contributed by atoms with Crippen LogP contribution in [0.15, 0.2) is 0 Å². The van der Waals surface area contributed by atoms with E-state index in [9.17, 15) is 31.6 Å². The summed E-state index contributed by atoms with van der Waals surface area (Å²) in [7, 11) is -5.22. The molecule has 0 spiro atoms. The van der Waals surface area contributed by atoms with Crippen LogP contribution >= 0.6 is 0 Å². The molecule has 0 aromatic rings. The normalized spacial score (nSPS) is 26.4. The molecule has 2 aliphatic heterocycles. The second-order valence-electron chi connectivity index (χ2n) is 5.53. The first kappa shape index (κ1) is 19.2. The maximum atomic E-state index is 14.2. The van der Waals surface area contributed by atoms with Crippen molar-refractivity contribution in [1.82, 2.24) is 20.8 Å².